The predicted molar refractivity (Wildman–Crippen MR) is 78.6 cm³/mol. The van der Waals surface area contributed by atoms with Crippen LogP contribution in [-0.4, -0.2) is 49.1 Å². The number of para-hydroxylation sites is 1. The Morgan fingerprint density at radius 3 is 2.76 bits per heavy atom. The zero-order chi connectivity index (χ0) is 15.4. The first-order valence-corrected chi connectivity index (χ1v) is 6.85. The molecule has 1 N–H and O–H groups in total. The summed E-state index contributed by atoms with van der Waals surface area (Å²) in [5, 5.41) is 14.1. The van der Waals surface area contributed by atoms with Crippen molar-refractivity contribution in [1.82, 2.24) is 4.90 Å². The van der Waals surface area contributed by atoms with Crippen molar-refractivity contribution >= 4 is 17.3 Å². The second-order valence-electron chi connectivity index (χ2n) is 4.93. The van der Waals surface area contributed by atoms with Gasteiger partial charge in [0.15, 0.2) is 0 Å². The normalized spacial score (nSPS) is 13.8. The van der Waals surface area contributed by atoms with E-state index in [0.717, 1.165) is 12.8 Å². The van der Waals surface area contributed by atoms with E-state index in [9.17, 15) is 14.9 Å². The highest BCUT2D eigenvalue weighted by atomic mass is 16.6. The number of anilines is 1. The average molecular weight is 293 g/mol. The fraction of sp³-hybridized carbons (Fsp3) is 0.500. The number of nitrogens with zero attached hydrogens (tertiary/aromatic N) is 2. The van der Waals surface area contributed by atoms with E-state index in [0.29, 0.717) is 18.8 Å². The summed E-state index contributed by atoms with van der Waals surface area (Å²) in [4.78, 5) is 25.1. The van der Waals surface area contributed by atoms with Crippen molar-refractivity contribution in [1.29, 1.82) is 0 Å². The van der Waals surface area contributed by atoms with Crippen LogP contribution in [0.2, 0.25) is 0 Å². The van der Waals surface area contributed by atoms with E-state index >= 15 is 0 Å². The third-order valence-corrected chi connectivity index (χ3v) is 3.50. The van der Waals surface area contributed by atoms with Crippen LogP contribution in [0.4, 0.5) is 11.4 Å². The van der Waals surface area contributed by atoms with Crippen LogP contribution < -0.4 is 5.32 Å². The highest BCUT2D eigenvalue weighted by molar-refractivity contribution is 6.00. The highest BCUT2D eigenvalue weighted by Gasteiger charge is 2.36. The molecule has 21 heavy (non-hydrogen) atoms. The summed E-state index contributed by atoms with van der Waals surface area (Å²) in [7, 11) is 3.17. The molecule has 0 spiro atoms. The van der Waals surface area contributed by atoms with E-state index in [2.05, 4.69) is 5.32 Å². The first kappa shape index (κ1) is 15.2. The van der Waals surface area contributed by atoms with Gasteiger partial charge in [0.2, 0.25) is 0 Å². The van der Waals surface area contributed by atoms with E-state index in [1.165, 1.54) is 6.07 Å². The maximum Gasteiger partial charge on any atom is 0.305 e. The number of ether oxygens (including phenoxy) is 1. The summed E-state index contributed by atoms with van der Waals surface area (Å²) < 4.78 is 5.02. The maximum absolute atomic E-state index is 12.7. The maximum atomic E-state index is 12.7. The quantitative estimate of drug-likeness (QED) is 0.613. The number of nitro groups is 1. The Bertz CT molecular complexity index is 543. The van der Waals surface area contributed by atoms with Crippen LogP contribution in [0.25, 0.3) is 0 Å². The number of rotatable bonds is 7. The molecule has 1 fully saturated rings. The molecule has 1 saturated carbocycles. The lowest BCUT2D eigenvalue weighted by molar-refractivity contribution is -0.384. The molecule has 0 radical (unpaired) electrons. The zero-order valence-corrected chi connectivity index (χ0v) is 12.2. The van der Waals surface area contributed by atoms with E-state index in [1.807, 2.05) is 0 Å². The number of amides is 1. The molecular formula is C14H19N3O4. The van der Waals surface area contributed by atoms with Crippen LogP contribution in [0.5, 0.6) is 0 Å². The summed E-state index contributed by atoms with van der Waals surface area (Å²) in [6.07, 6.45) is 1.88. The SMILES string of the molecule is CNc1cccc(C(=O)N(CCOC)C2CC2)c1[N+](=O)[O-]. The number of methoxy groups -OCH3 is 1. The van der Waals surface area contributed by atoms with Crippen LogP contribution in [0.15, 0.2) is 18.2 Å². The van der Waals surface area contributed by atoms with Gasteiger partial charge in [0.25, 0.3) is 5.91 Å². The van der Waals surface area contributed by atoms with E-state index in [4.69, 9.17) is 4.74 Å². The van der Waals surface area contributed by atoms with Gasteiger partial charge in [-0.3, -0.25) is 14.9 Å². The third kappa shape index (κ3) is 3.30. The number of benzene rings is 1. The van der Waals surface area contributed by atoms with Gasteiger partial charge in [-0.25, -0.2) is 0 Å². The fourth-order valence-electron chi connectivity index (χ4n) is 2.30. The van der Waals surface area contributed by atoms with Crippen molar-refractivity contribution in [2.24, 2.45) is 0 Å². The molecule has 0 aliphatic heterocycles. The minimum absolute atomic E-state index is 0.120. The van der Waals surface area contributed by atoms with Crippen molar-refractivity contribution in [3.8, 4) is 0 Å². The average Bonchev–Trinajstić information content (AvgIpc) is 3.31. The smallest absolute Gasteiger partial charge is 0.305 e. The molecule has 1 amide bonds. The Labute approximate surface area is 123 Å². The molecule has 0 saturated heterocycles. The second kappa shape index (κ2) is 6.53. The number of hydrogen-bond acceptors (Lipinski definition) is 5. The fourth-order valence-corrected chi connectivity index (χ4v) is 2.30. The number of nitro benzene ring substituents is 1. The number of nitrogens with one attached hydrogen (secondary N) is 1. The first-order valence-electron chi connectivity index (χ1n) is 6.85. The lowest BCUT2D eigenvalue weighted by atomic mass is 10.1. The second-order valence-corrected chi connectivity index (χ2v) is 4.93. The number of carbonyl (C=O) groups is 1. The van der Waals surface area contributed by atoms with Gasteiger partial charge in [0.05, 0.1) is 11.5 Å². The summed E-state index contributed by atoms with van der Waals surface area (Å²) in [5.41, 5.74) is 0.288. The Morgan fingerprint density at radius 2 is 2.24 bits per heavy atom. The minimum atomic E-state index is -0.513. The van der Waals surface area contributed by atoms with Crippen LogP contribution in [0.3, 0.4) is 0 Å². The van der Waals surface area contributed by atoms with Gasteiger partial charge in [-0.05, 0) is 25.0 Å². The molecule has 0 heterocycles. The Hall–Kier alpha value is -2.15. The van der Waals surface area contributed by atoms with Gasteiger partial charge in [0, 0.05) is 26.7 Å². The molecule has 7 nitrogen and oxygen atoms in total. The molecule has 0 bridgehead atoms. The zero-order valence-electron chi connectivity index (χ0n) is 12.2. The van der Waals surface area contributed by atoms with Crippen LogP contribution in [0, 0.1) is 10.1 Å². The van der Waals surface area contributed by atoms with Crippen LogP contribution in [-0.2, 0) is 4.74 Å². The third-order valence-electron chi connectivity index (χ3n) is 3.50. The lowest BCUT2D eigenvalue weighted by Gasteiger charge is -2.22. The lowest BCUT2D eigenvalue weighted by Crippen LogP contribution is -2.36. The van der Waals surface area contributed by atoms with Crippen molar-refractivity contribution in [2.45, 2.75) is 18.9 Å². The van der Waals surface area contributed by atoms with E-state index < -0.39 is 4.92 Å². The molecule has 1 aliphatic carbocycles. The summed E-state index contributed by atoms with van der Waals surface area (Å²) in [6, 6.07) is 4.91. The van der Waals surface area contributed by atoms with Gasteiger partial charge in [-0.15, -0.1) is 0 Å². The van der Waals surface area contributed by atoms with Gasteiger partial charge >= 0.3 is 5.69 Å². The van der Waals surface area contributed by atoms with Crippen LogP contribution in [0.1, 0.15) is 23.2 Å². The van der Waals surface area contributed by atoms with Crippen molar-refractivity contribution in [3.05, 3.63) is 33.9 Å². The first-order chi connectivity index (χ1) is 10.1. The van der Waals surface area contributed by atoms with Gasteiger partial charge in [0.1, 0.15) is 11.3 Å². The largest absolute Gasteiger partial charge is 0.383 e. The predicted octanol–water partition coefficient (Wildman–Crippen LogP) is 1.89. The molecule has 1 aromatic rings. The number of carbonyl (C=O) groups excluding carboxylic acids is 1. The van der Waals surface area contributed by atoms with E-state index in [-0.39, 0.29) is 23.2 Å². The molecule has 0 unspecified atom stereocenters. The molecule has 2 rings (SSSR count). The Kier molecular flexibility index (Phi) is 4.74. The van der Waals surface area contributed by atoms with Gasteiger partial charge < -0.3 is 15.0 Å². The molecular weight excluding hydrogens is 274 g/mol. The Balaban J connectivity index is 2.34. The molecule has 1 aromatic carbocycles. The topological polar surface area (TPSA) is 84.7 Å². The summed E-state index contributed by atoms with van der Waals surface area (Å²) in [5.74, 6) is -0.307. The summed E-state index contributed by atoms with van der Waals surface area (Å²) in [6.45, 7) is 0.864. The van der Waals surface area contributed by atoms with E-state index in [1.54, 1.807) is 31.2 Å². The van der Waals surface area contributed by atoms with Gasteiger partial charge in [-0.2, -0.15) is 0 Å². The molecule has 7 heteroatoms. The van der Waals surface area contributed by atoms with Gasteiger partial charge in [-0.1, -0.05) is 6.07 Å². The molecule has 1 aliphatic rings. The molecule has 0 aromatic heterocycles. The van der Waals surface area contributed by atoms with Crippen molar-refractivity contribution < 1.29 is 14.5 Å². The Morgan fingerprint density at radius 1 is 1.52 bits per heavy atom. The standard InChI is InChI=1S/C14H19N3O4/c1-15-12-5-3-4-11(13(12)17(19)20)14(18)16(8-9-21-2)10-6-7-10/h3-5,10,15H,6-9H2,1-2H3. The highest BCUT2D eigenvalue weighted by Crippen LogP contribution is 2.33. The monoisotopic (exact) mass is 293 g/mol. The van der Waals surface area contributed by atoms with Crippen LogP contribution >= 0.6 is 0 Å². The summed E-state index contributed by atoms with van der Waals surface area (Å²) >= 11 is 0. The number of hydrogen-bond donors (Lipinski definition) is 1. The molecule has 114 valence electrons. The van der Waals surface area contributed by atoms with Crippen molar-refractivity contribution in [3.63, 3.8) is 0 Å². The molecule has 0 atom stereocenters. The van der Waals surface area contributed by atoms with Crippen molar-refractivity contribution in [2.75, 3.05) is 32.6 Å². The minimum Gasteiger partial charge on any atom is -0.383 e.